The molecule has 0 radical (unpaired) electrons. The third kappa shape index (κ3) is 6.55. The molecule has 9 atom stereocenters. The molecule has 45 heavy (non-hydrogen) atoms. The van der Waals surface area contributed by atoms with Crippen LogP contribution in [0.4, 0.5) is 14.6 Å². The smallest absolute Gasteiger partial charge is 0.383 e. The van der Waals surface area contributed by atoms with Gasteiger partial charge in [0, 0.05) is 12.6 Å². The van der Waals surface area contributed by atoms with Crippen molar-refractivity contribution in [2.24, 2.45) is 0 Å². The molecule has 6 rings (SSSR count). The van der Waals surface area contributed by atoms with Crippen LogP contribution >= 0.6 is 25.8 Å². The molecule has 0 aromatic carbocycles. The third-order valence-electron chi connectivity index (χ3n) is 7.03. The zero-order valence-corrected chi connectivity index (χ0v) is 25.9. The number of nitrogens with one attached hydrogen (secondary N) is 1. The number of nitrogen functional groups attached to an aromatic ring is 1. The number of aliphatic hydroxyl groups is 1. The second kappa shape index (κ2) is 12.3. The molecule has 0 saturated carbocycles. The van der Waals surface area contributed by atoms with Crippen LogP contribution in [-0.4, -0.2) is 92.7 Å². The Labute approximate surface area is 260 Å². The molecule has 0 aliphatic carbocycles. The molecular weight excluding hydrogens is 688 g/mol. The summed E-state index contributed by atoms with van der Waals surface area (Å²) < 4.78 is 71.1. The standard InChI is InChI=1S/C21H24F2N8O10P2S2/c22-9-1-8(39-20(9)31-7-29-13-16(24)25-5-27-18(13)31)3-38-43(36,45)41-15-14(32)11(4-37-42(34,35)44)40-21(15)30-2-10(23)12-17(30)26-6-28-19(12)33/h2,5-9,11,14-15,20-21,32H,1,3-4H2,(H,36,45)(H2,24,25,27)(H,26,28,33)(H2,34,35,44)/t8-,9+,11+,14+,15+,20+,21+,43?/m0/s1. The number of hydrogen-bond donors (Lipinski definition) is 6. The molecule has 0 spiro atoms. The van der Waals surface area contributed by atoms with E-state index in [2.05, 4.69) is 37.2 Å². The highest BCUT2D eigenvalue weighted by Crippen LogP contribution is 2.52. The van der Waals surface area contributed by atoms with Crippen molar-refractivity contribution in [1.29, 1.82) is 0 Å². The third-order valence-corrected chi connectivity index (χ3v) is 9.42. The highest BCUT2D eigenvalue weighted by atomic mass is 32.7. The molecule has 0 amide bonds. The number of H-pyrrole nitrogens is 1. The van der Waals surface area contributed by atoms with Gasteiger partial charge in [0.1, 0.15) is 41.7 Å². The summed E-state index contributed by atoms with van der Waals surface area (Å²) in [6.07, 6.45) is -5.64. The van der Waals surface area contributed by atoms with E-state index in [1.165, 1.54) is 17.2 Å². The fourth-order valence-electron chi connectivity index (χ4n) is 5.08. The van der Waals surface area contributed by atoms with E-state index in [0.717, 1.165) is 17.1 Å². The van der Waals surface area contributed by atoms with Crippen LogP contribution < -0.4 is 11.3 Å². The van der Waals surface area contributed by atoms with Gasteiger partial charge in [0.25, 0.3) is 5.56 Å². The average Bonchev–Trinajstić information content (AvgIpc) is 3.71. The number of ether oxygens (including phenoxy) is 2. The largest absolute Gasteiger partial charge is 0.387 e. The number of nitrogens with zero attached hydrogens (tertiary/aromatic N) is 6. The summed E-state index contributed by atoms with van der Waals surface area (Å²) in [5.41, 5.74) is 5.28. The second-order valence-electron chi connectivity index (χ2n) is 9.97. The van der Waals surface area contributed by atoms with Gasteiger partial charge >= 0.3 is 13.5 Å². The van der Waals surface area contributed by atoms with E-state index in [0.29, 0.717) is 0 Å². The molecule has 6 N–H and O–H groups in total. The van der Waals surface area contributed by atoms with Crippen LogP contribution in [0.15, 0.2) is 30.0 Å². The molecule has 24 heteroatoms. The molecule has 2 unspecified atom stereocenters. The number of aliphatic hydroxyl groups excluding tert-OH is 1. The van der Waals surface area contributed by atoms with Crippen molar-refractivity contribution in [2.45, 2.75) is 49.5 Å². The van der Waals surface area contributed by atoms with Crippen LogP contribution in [0.1, 0.15) is 18.9 Å². The van der Waals surface area contributed by atoms with Crippen LogP contribution in [-0.2, 0) is 39.4 Å². The van der Waals surface area contributed by atoms with Gasteiger partial charge in [-0.3, -0.25) is 18.4 Å². The predicted molar refractivity (Wildman–Crippen MR) is 155 cm³/mol. The van der Waals surface area contributed by atoms with E-state index in [1.807, 2.05) is 0 Å². The first-order valence-electron chi connectivity index (χ1n) is 12.9. The lowest BCUT2D eigenvalue weighted by atomic mass is 10.1. The maximum Gasteiger partial charge on any atom is 0.383 e. The molecule has 2 fully saturated rings. The monoisotopic (exact) mass is 712 g/mol. The molecule has 18 nitrogen and oxygen atoms in total. The Morgan fingerprint density at radius 2 is 1.93 bits per heavy atom. The van der Waals surface area contributed by atoms with Crippen LogP contribution in [0.25, 0.3) is 22.2 Å². The Morgan fingerprint density at radius 3 is 2.69 bits per heavy atom. The van der Waals surface area contributed by atoms with Crippen molar-refractivity contribution >= 4 is 65.6 Å². The van der Waals surface area contributed by atoms with E-state index >= 15 is 4.39 Å². The fraction of sp³-hybridized carbons (Fsp3) is 0.476. The number of thiol groups is 1. The van der Waals surface area contributed by atoms with Gasteiger partial charge in [0.2, 0.25) is 0 Å². The molecule has 2 aliphatic heterocycles. The molecule has 2 saturated heterocycles. The SMILES string of the molecule is Nc1ncnc2c1ncn2[C@@H]1O[C@H](COP(O)(=S)O[C@@H]2[C@H](O)[C@@H](COP(=O)(O)S)O[C@H]2n2cc(F)c3c(=O)[nH]cnc32)C[C@H]1F. The van der Waals surface area contributed by atoms with Crippen molar-refractivity contribution in [3.05, 3.63) is 41.3 Å². The summed E-state index contributed by atoms with van der Waals surface area (Å²) in [6, 6.07) is 0. The van der Waals surface area contributed by atoms with Crippen LogP contribution in [0.2, 0.25) is 0 Å². The maximum absolute atomic E-state index is 15.0. The summed E-state index contributed by atoms with van der Waals surface area (Å²) in [5, 5.41) is 10.6. The highest BCUT2D eigenvalue weighted by Gasteiger charge is 2.49. The number of alkyl halides is 1. The molecule has 244 valence electrons. The van der Waals surface area contributed by atoms with Crippen LogP contribution in [0.5, 0.6) is 0 Å². The van der Waals surface area contributed by atoms with Gasteiger partial charge in [-0.15, -0.1) is 0 Å². The van der Waals surface area contributed by atoms with Gasteiger partial charge in [-0.2, -0.15) is 0 Å². The van der Waals surface area contributed by atoms with Crippen LogP contribution in [0, 0.1) is 5.82 Å². The molecule has 4 aromatic rings. The zero-order chi connectivity index (χ0) is 32.3. The van der Waals surface area contributed by atoms with E-state index in [9.17, 15) is 28.6 Å². The number of imidazole rings is 1. The molecule has 0 bridgehead atoms. The number of nitrogens with two attached hydrogens (primary N) is 1. The van der Waals surface area contributed by atoms with Crippen LogP contribution in [0.3, 0.4) is 0 Å². The lowest BCUT2D eigenvalue weighted by molar-refractivity contribution is -0.0497. The summed E-state index contributed by atoms with van der Waals surface area (Å²) in [6.45, 7) is -9.75. The van der Waals surface area contributed by atoms with Gasteiger partial charge in [0.15, 0.2) is 35.4 Å². The van der Waals surface area contributed by atoms with E-state index in [4.69, 9.17) is 40.6 Å². The summed E-state index contributed by atoms with van der Waals surface area (Å²) in [5.74, 6) is -0.885. The lowest BCUT2D eigenvalue weighted by Crippen LogP contribution is -2.35. The Kier molecular flexibility index (Phi) is 8.87. The minimum absolute atomic E-state index is 0.101. The van der Waals surface area contributed by atoms with Crippen molar-refractivity contribution in [2.75, 3.05) is 18.9 Å². The number of rotatable bonds is 10. The number of fused-ring (bicyclic) bond motifs is 2. The highest BCUT2D eigenvalue weighted by molar-refractivity contribution is 8.44. The predicted octanol–water partition coefficient (Wildman–Crippen LogP) is 0.835. The minimum atomic E-state index is -4.32. The van der Waals surface area contributed by atoms with E-state index in [1.54, 1.807) is 0 Å². The molecule has 4 aromatic heterocycles. The number of halogens is 2. The lowest BCUT2D eigenvalue weighted by Gasteiger charge is -2.27. The van der Waals surface area contributed by atoms with E-state index < -0.39 is 86.5 Å². The first kappa shape index (κ1) is 32.5. The summed E-state index contributed by atoms with van der Waals surface area (Å²) >= 11 is 8.57. The number of aromatic nitrogens is 7. The molecular formula is C21H24F2N8O10P2S2. The Hall–Kier alpha value is -2.46. The molecule has 6 heterocycles. The number of anilines is 1. The topological polar surface area (TPSA) is 244 Å². The first-order chi connectivity index (χ1) is 21.2. The average molecular weight is 713 g/mol. The Balaban J connectivity index is 1.19. The van der Waals surface area contributed by atoms with Gasteiger partial charge in [-0.05, 0) is 11.8 Å². The van der Waals surface area contributed by atoms with E-state index in [-0.39, 0.29) is 29.0 Å². The van der Waals surface area contributed by atoms with Crippen molar-refractivity contribution in [1.82, 2.24) is 34.1 Å². The number of hydrogen-bond acceptors (Lipinski definition) is 14. The minimum Gasteiger partial charge on any atom is -0.387 e. The Morgan fingerprint density at radius 1 is 1.16 bits per heavy atom. The van der Waals surface area contributed by atoms with Gasteiger partial charge < -0.3 is 44.2 Å². The van der Waals surface area contributed by atoms with Gasteiger partial charge in [-0.1, -0.05) is 12.2 Å². The zero-order valence-electron chi connectivity index (χ0n) is 22.4. The summed E-state index contributed by atoms with van der Waals surface area (Å²) in [4.78, 5) is 50.8. The van der Waals surface area contributed by atoms with Crippen molar-refractivity contribution in [3.8, 4) is 0 Å². The normalized spacial score (nSPS) is 29.8. The molecule has 2 aliphatic rings. The maximum atomic E-state index is 15.0. The number of aromatic amines is 1. The quantitative estimate of drug-likeness (QED) is 0.0985. The first-order valence-corrected chi connectivity index (χ1v) is 18.2. The summed E-state index contributed by atoms with van der Waals surface area (Å²) in [7, 11) is 0. The fourth-order valence-corrected chi connectivity index (χ4v) is 7.05. The van der Waals surface area contributed by atoms with Crippen molar-refractivity contribution < 1.29 is 51.3 Å². The van der Waals surface area contributed by atoms with Crippen molar-refractivity contribution in [3.63, 3.8) is 0 Å². The van der Waals surface area contributed by atoms with Gasteiger partial charge in [-0.25, -0.2) is 33.3 Å². The second-order valence-corrected chi connectivity index (χ2v) is 15.5. The van der Waals surface area contributed by atoms with Gasteiger partial charge in [0.05, 0.1) is 32.0 Å². The Bertz CT molecular complexity index is 1890.